The average Bonchev–Trinajstić information content (AvgIpc) is 2.50. The first kappa shape index (κ1) is 22.8. The van der Waals surface area contributed by atoms with Crippen molar-refractivity contribution >= 4 is 11.8 Å². The molecule has 0 unspecified atom stereocenters. The molecule has 0 fully saturated rings. The number of hydrogen-bond acceptors (Lipinski definition) is 3. The fourth-order valence-electron chi connectivity index (χ4n) is 2.18. The molecule has 0 N–H and O–H groups in total. The third-order valence-corrected chi connectivity index (χ3v) is 3.45. The molecular formula is C14H6F12N2O. The zero-order chi connectivity index (χ0) is 22.5. The van der Waals surface area contributed by atoms with Crippen LogP contribution in [0, 0.1) is 5.92 Å². The Kier molecular flexibility index (Phi) is 5.34. The van der Waals surface area contributed by atoms with Crippen LogP contribution in [0.1, 0.15) is 5.56 Å². The molecule has 29 heavy (non-hydrogen) atoms. The van der Waals surface area contributed by atoms with Crippen molar-refractivity contribution in [3.63, 3.8) is 0 Å². The lowest BCUT2D eigenvalue weighted by atomic mass is 10.0. The summed E-state index contributed by atoms with van der Waals surface area (Å²) in [5, 5.41) is 0. The van der Waals surface area contributed by atoms with E-state index >= 15 is 0 Å². The van der Waals surface area contributed by atoms with E-state index in [0.29, 0.717) is 0 Å². The molecule has 1 aromatic carbocycles. The van der Waals surface area contributed by atoms with Crippen LogP contribution in [-0.4, -0.2) is 42.2 Å². The van der Waals surface area contributed by atoms with Gasteiger partial charge in [-0.25, -0.2) is 9.98 Å². The molecule has 0 spiro atoms. The van der Waals surface area contributed by atoms with Gasteiger partial charge < -0.3 is 4.74 Å². The van der Waals surface area contributed by atoms with Crippen LogP contribution >= 0.6 is 0 Å². The second kappa shape index (κ2) is 6.79. The molecule has 15 heteroatoms. The van der Waals surface area contributed by atoms with E-state index in [0.717, 1.165) is 24.3 Å². The predicted octanol–water partition coefficient (Wildman–Crippen LogP) is 5.42. The van der Waals surface area contributed by atoms with Crippen LogP contribution in [0.4, 0.5) is 52.7 Å². The molecule has 1 heterocycles. The van der Waals surface area contributed by atoms with Gasteiger partial charge in [0.15, 0.2) is 0 Å². The number of nitrogens with zero attached hydrogens (tertiary/aromatic N) is 2. The summed E-state index contributed by atoms with van der Waals surface area (Å²) in [7, 11) is 0. The highest BCUT2D eigenvalue weighted by molar-refractivity contribution is 6.04. The minimum Gasteiger partial charge on any atom is -0.424 e. The SMILES string of the molecule is FC(F)(F)C(C1=NC(C(F)(F)F)(C(F)(F)F)N=C(c2ccccc2)O1)C(F)(F)F. The molecule has 0 bridgehead atoms. The number of halogens is 12. The maximum Gasteiger partial charge on any atom is 0.443 e. The Bertz CT molecular complexity index is 773. The van der Waals surface area contributed by atoms with E-state index in [-0.39, 0.29) is 0 Å². The van der Waals surface area contributed by atoms with Gasteiger partial charge in [-0.15, -0.1) is 0 Å². The van der Waals surface area contributed by atoms with Crippen LogP contribution in [0.15, 0.2) is 40.3 Å². The van der Waals surface area contributed by atoms with Gasteiger partial charge in [-0.3, -0.25) is 0 Å². The molecule has 2 rings (SSSR count). The molecule has 1 aliphatic heterocycles. The zero-order valence-electron chi connectivity index (χ0n) is 13.3. The van der Waals surface area contributed by atoms with Gasteiger partial charge in [0, 0.05) is 5.56 Å². The summed E-state index contributed by atoms with van der Waals surface area (Å²) in [4.78, 5) is 3.93. The largest absolute Gasteiger partial charge is 0.443 e. The molecule has 0 aliphatic carbocycles. The van der Waals surface area contributed by atoms with Crippen LogP contribution in [0.5, 0.6) is 0 Å². The van der Waals surface area contributed by atoms with Crippen LogP contribution in [0.25, 0.3) is 0 Å². The summed E-state index contributed by atoms with van der Waals surface area (Å²) in [5.74, 6) is -9.49. The standard InChI is InChI=1S/C14H6F12N2O/c15-10(16,17)7(11(18,19)20)9-28-12(13(21,22)23,14(24,25)26)27-8(29-9)6-4-2-1-3-5-6/h1-5,7H. The molecule has 0 saturated heterocycles. The fourth-order valence-corrected chi connectivity index (χ4v) is 2.18. The molecule has 1 aliphatic rings. The lowest BCUT2D eigenvalue weighted by Gasteiger charge is -2.36. The first-order valence-corrected chi connectivity index (χ1v) is 7.10. The van der Waals surface area contributed by atoms with E-state index in [1.165, 1.54) is 6.07 Å². The van der Waals surface area contributed by atoms with Gasteiger partial charge in [0.25, 0.3) is 0 Å². The van der Waals surface area contributed by atoms with Crippen molar-refractivity contribution in [2.45, 2.75) is 30.4 Å². The lowest BCUT2D eigenvalue weighted by Crippen LogP contribution is -2.58. The number of aliphatic imine (C=N–C) groups is 2. The van der Waals surface area contributed by atoms with Crippen LogP contribution < -0.4 is 0 Å². The molecule has 0 radical (unpaired) electrons. The van der Waals surface area contributed by atoms with E-state index < -0.39 is 53.6 Å². The zero-order valence-corrected chi connectivity index (χ0v) is 13.3. The highest BCUT2D eigenvalue weighted by atomic mass is 19.4. The highest BCUT2D eigenvalue weighted by Crippen LogP contribution is 2.51. The van der Waals surface area contributed by atoms with Crippen molar-refractivity contribution in [1.29, 1.82) is 0 Å². The summed E-state index contributed by atoms with van der Waals surface area (Å²) in [6, 6.07) is 4.82. The third kappa shape index (κ3) is 4.27. The van der Waals surface area contributed by atoms with Gasteiger partial charge in [-0.2, -0.15) is 52.7 Å². The average molecular weight is 446 g/mol. The maximum atomic E-state index is 13.3. The number of hydrogen-bond donors (Lipinski definition) is 0. The van der Waals surface area contributed by atoms with E-state index in [9.17, 15) is 52.7 Å². The summed E-state index contributed by atoms with van der Waals surface area (Å²) >= 11 is 0. The molecule has 0 atom stereocenters. The number of ether oxygens (including phenoxy) is 1. The fraction of sp³-hybridized carbons (Fsp3) is 0.429. The summed E-state index contributed by atoms with van der Waals surface area (Å²) in [6.07, 6.45) is -25.8. The first-order valence-electron chi connectivity index (χ1n) is 7.10. The van der Waals surface area contributed by atoms with Gasteiger partial charge in [0.05, 0.1) is 0 Å². The van der Waals surface area contributed by atoms with E-state index in [1.807, 2.05) is 0 Å². The molecule has 0 aromatic heterocycles. The molecular weight excluding hydrogens is 440 g/mol. The van der Waals surface area contributed by atoms with Crippen LogP contribution in [0.2, 0.25) is 0 Å². The summed E-state index contributed by atoms with van der Waals surface area (Å²) in [5.41, 5.74) is -6.37. The van der Waals surface area contributed by atoms with Crippen molar-refractivity contribution < 1.29 is 57.4 Å². The first-order chi connectivity index (χ1) is 12.9. The third-order valence-electron chi connectivity index (χ3n) is 3.45. The Hall–Kier alpha value is -2.48. The highest BCUT2D eigenvalue weighted by Gasteiger charge is 2.75. The van der Waals surface area contributed by atoms with Crippen molar-refractivity contribution in [3.05, 3.63) is 35.9 Å². The normalized spacial score (nSPS) is 18.2. The number of alkyl halides is 12. The van der Waals surface area contributed by atoms with E-state index in [4.69, 9.17) is 0 Å². The molecule has 3 nitrogen and oxygen atoms in total. The Labute approximate surface area is 152 Å². The second-order valence-corrected chi connectivity index (χ2v) is 5.52. The van der Waals surface area contributed by atoms with Crippen molar-refractivity contribution in [2.75, 3.05) is 0 Å². The Morgan fingerprint density at radius 1 is 0.690 bits per heavy atom. The van der Waals surface area contributed by atoms with Crippen molar-refractivity contribution in [1.82, 2.24) is 0 Å². The van der Waals surface area contributed by atoms with Gasteiger partial charge in [0.2, 0.25) is 17.7 Å². The maximum absolute atomic E-state index is 13.3. The Balaban J connectivity index is 2.84. The van der Waals surface area contributed by atoms with Gasteiger partial charge >= 0.3 is 30.4 Å². The van der Waals surface area contributed by atoms with Gasteiger partial charge in [0.1, 0.15) is 0 Å². The van der Waals surface area contributed by atoms with Gasteiger partial charge in [-0.05, 0) is 12.1 Å². The molecule has 162 valence electrons. The van der Waals surface area contributed by atoms with Crippen molar-refractivity contribution in [2.24, 2.45) is 15.9 Å². The van der Waals surface area contributed by atoms with E-state index in [1.54, 1.807) is 4.99 Å². The quantitative estimate of drug-likeness (QED) is 0.559. The second-order valence-electron chi connectivity index (χ2n) is 5.52. The molecule has 0 saturated carbocycles. The number of benzene rings is 1. The molecule has 0 amide bonds. The number of rotatable bonds is 2. The monoisotopic (exact) mass is 446 g/mol. The summed E-state index contributed by atoms with van der Waals surface area (Å²) < 4.78 is 161. The Morgan fingerprint density at radius 3 is 1.52 bits per heavy atom. The topological polar surface area (TPSA) is 34.0 Å². The summed E-state index contributed by atoms with van der Waals surface area (Å²) in [6.45, 7) is 0. The van der Waals surface area contributed by atoms with Crippen LogP contribution in [-0.2, 0) is 4.74 Å². The molecule has 1 aromatic rings. The lowest BCUT2D eigenvalue weighted by molar-refractivity contribution is -0.296. The minimum absolute atomic E-state index is 0.735. The van der Waals surface area contributed by atoms with Crippen LogP contribution in [0.3, 0.4) is 0 Å². The van der Waals surface area contributed by atoms with E-state index in [2.05, 4.69) is 9.73 Å². The smallest absolute Gasteiger partial charge is 0.424 e. The minimum atomic E-state index is -6.54. The predicted molar refractivity (Wildman–Crippen MR) is 71.9 cm³/mol. The van der Waals surface area contributed by atoms with Gasteiger partial charge in [-0.1, -0.05) is 18.2 Å². The van der Waals surface area contributed by atoms with Crippen molar-refractivity contribution in [3.8, 4) is 0 Å². The Morgan fingerprint density at radius 2 is 1.14 bits per heavy atom.